The van der Waals surface area contributed by atoms with Crippen LogP contribution in [0.15, 0.2) is 42.5 Å². The van der Waals surface area contributed by atoms with E-state index in [0.29, 0.717) is 19.1 Å². The molecule has 102 valence electrons. The summed E-state index contributed by atoms with van der Waals surface area (Å²) in [5.41, 5.74) is 4.09. The minimum Gasteiger partial charge on any atom is -0.486 e. The molecular weight excluding hydrogens is 250 g/mol. The molecule has 2 heterocycles. The van der Waals surface area contributed by atoms with Crippen molar-refractivity contribution in [1.82, 2.24) is 5.32 Å². The van der Waals surface area contributed by atoms with Crippen LogP contribution in [0.2, 0.25) is 0 Å². The van der Waals surface area contributed by atoms with E-state index in [0.717, 1.165) is 24.6 Å². The summed E-state index contributed by atoms with van der Waals surface area (Å²) in [6.45, 7) is 3.20. The van der Waals surface area contributed by atoms with Crippen LogP contribution in [-0.4, -0.2) is 19.8 Å². The van der Waals surface area contributed by atoms with E-state index in [4.69, 9.17) is 9.47 Å². The fourth-order valence-electron chi connectivity index (χ4n) is 3.07. The average Bonchev–Trinajstić information content (AvgIpc) is 2.54. The van der Waals surface area contributed by atoms with Gasteiger partial charge in [0.15, 0.2) is 11.5 Å². The number of hydrogen-bond donors (Lipinski definition) is 1. The summed E-state index contributed by atoms with van der Waals surface area (Å²) in [7, 11) is 0. The van der Waals surface area contributed by atoms with Crippen LogP contribution in [-0.2, 0) is 6.54 Å². The summed E-state index contributed by atoms with van der Waals surface area (Å²) < 4.78 is 11.3. The average molecular weight is 267 g/mol. The molecule has 1 atom stereocenters. The van der Waals surface area contributed by atoms with Crippen LogP contribution < -0.4 is 14.8 Å². The van der Waals surface area contributed by atoms with E-state index in [2.05, 4.69) is 41.7 Å². The van der Waals surface area contributed by atoms with Crippen LogP contribution in [0.4, 0.5) is 0 Å². The van der Waals surface area contributed by atoms with E-state index in [1.165, 1.54) is 16.7 Å². The molecule has 2 aromatic rings. The summed E-state index contributed by atoms with van der Waals surface area (Å²) in [6, 6.07) is 15.0. The first-order valence-corrected chi connectivity index (χ1v) is 7.10. The predicted octanol–water partition coefficient (Wildman–Crippen LogP) is 2.69. The molecule has 0 saturated heterocycles. The van der Waals surface area contributed by atoms with Gasteiger partial charge in [0.2, 0.25) is 0 Å². The minimum atomic E-state index is 0.385. The zero-order valence-electron chi connectivity index (χ0n) is 11.3. The van der Waals surface area contributed by atoms with Crippen molar-refractivity contribution in [1.29, 1.82) is 0 Å². The Kier molecular flexibility index (Phi) is 2.85. The SMILES string of the molecule is c1ccc2c(c1)CNCC2c1ccc2c(c1)OCCO2. The summed E-state index contributed by atoms with van der Waals surface area (Å²) in [5.74, 6) is 2.12. The maximum absolute atomic E-state index is 5.70. The summed E-state index contributed by atoms with van der Waals surface area (Å²) in [5, 5.41) is 3.50. The van der Waals surface area contributed by atoms with Crippen molar-refractivity contribution in [2.24, 2.45) is 0 Å². The van der Waals surface area contributed by atoms with Crippen molar-refractivity contribution in [2.45, 2.75) is 12.5 Å². The number of ether oxygens (including phenoxy) is 2. The molecule has 0 aliphatic carbocycles. The van der Waals surface area contributed by atoms with Gasteiger partial charge in [-0.3, -0.25) is 0 Å². The second kappa shape index (κ2) is 4.84. The lowest BCUT2D eigenvalue weighted by Crippen LogP contribution is -2.28. The van der Waals surface area contributed by atoms with Crippen molar-refractivity contribution in [3.8, 4) is 11.5 Å². The molecule has 20 heavy (non-hydrogen) atoms. The van der Waals surface area contributed by atoms with E-state index in [1.807, 2.05) is 6.07 Å². The lowest BCUT2D eigenvalue weighted by Gasteiger charge is -2.28. The first-order valence-electron chi connectivity index (χ1n) is 7.10. The fraction of sp³-hybridized carbons (Fsp3) is 0.294. The molecule has 0 radical (unpaired) electrons. The molecule has 2 aliphatic rings. The van der Waals surface area contributed by atoms with E-state index in [9.17, 15) is 0 Å². The van der Waals surface area contributed by atoms with Crippen molar-refractivity contribution < 1.29 is 9.47 Å². The highest BCUT2D eigenvalue weighted by molar-refractivity contribution is 5.48. The molecular formula is C17H17NO2. The van der Waals surface area contributed by atoms with E-state index >= 15 is 0 Å². The van der Waals surface area contributed by atoms with Crippen LogP contribution in [0.3, 0.4) is 0 Å². The Bertz CT molecular complexity index is 639. The first kappa shape index (κ1) is 11.8. The number of benzene rings is 2. The number of nitrogens with one attached hydrogen (secondary N) is 1. The first-order chi connectivity index (χ1) is 9.92. The molecule has 1 unspecified atom stereocenters. The fourth-order valence-corrected chi connectivity index (χ4v) is 3.07. The zero-order valence-corrected chi connectivity index (χ0v) is 11.3. The van der Waals surface area contributed by atoms with Gasteiger partial charge >= 0.3 is 0 Å². The quantitative estimate of drug-likeness (QED) is 0.861. The third-order valence-electron chi connectivity index (χ3n) is 4.06. The van der Waals surface area contributed by atoms with Crippen LogP contribution in [0, 0.1) is 0 Å². The minimum absolute atomic E-state index is 0.385. The van der Waals surface area contributed by atoms with Crippen LogP contribution in [0.5, 0.6) is 11.5 Å². The molecule has 0 saturated carbocycles. The highest BCUT2D eigenvalue weighted by Gasteiger charge is 2.23. The highest BCUT2D eigenvalue weighted by Crippen LogP contribution is 2.36. The van der Waals surface area contributed by atoms with Gasteiger partial charge < -0.3 is 14.8 Å². The Balaban J connectivity index is 1.75. The van der Waals surface area contributed by atoms with Crippen LogP contribution in [0.25, 0.3) is 0 Å². The van der Waals surface area contributed by atoms with Gasteiger partial charge in [-0.1, -0.05) is 30.3 Å². The second-order valence-electron chi connectivity index (χ2n) is 5.29. The molecule has 0 amide bonds. The van der Waals surface area contributed by atoms with Gasteiger partial charge in [-0.2, -0.15) is 0 Å². The van der Waals surface area contributed by atoms with Crippen LogP contribution in [0.1, 0.15) is 22.6 Å². The van der Waals surface area contributed by atoms with Gasteiger partial charge in [-0.25, -0.2) is 0 Å². The Morgan fingerprint density at radius 3 is 2.75 bits per heavy atom. The predicted molar refractivity (Wildman–Crippen MR) is 77.4 cm³/mol. The lowest BCUT2D eigenvalue weighted by molar-refractivity contribution is 0.171. The van der Waals surface area contributed by atoms with Crippen LogP contribution >= 0.6 is 0 Å². The third kappa shape index (κ3) is 1.95. The van der Waals surface area contributed by atoms with Gasteiger partial charge in [-0.15, -0.1) is 0 Å². The van der Waals surface area contributed by atoms with Gasteiger partial charge in [0.1, 0.15) is 13.2 Å². The van der Waals surface area contributed by atoms with Crippen molar-refractivity contribution >= 4 is 0 Å². The smallest absolute Gasteiger partial charge is 0.161 e. The number of fused-ring (bicyclic) bond motifs is 2. The van der Waals surface area contributed by atoms with Crippen molar-refractivity contribution in [3.05, 3.63) is 59.2 Å². The Labute approximate surface area is 118 Å². The summed E-state index contributed by atoms with van der Waals surface area (Å²) >= 11 is 0. The highest BCUT2D eigenvalue weighted by atomic mass is 16.6. The molecule has 1 N–H and O–H groups in total. The monoisotopic (exact) mass is 267 g/mol. The maximum atomic E-state index is 5.70. The normalized spacial score (nSPS) is 20.3. The standard InChI is InChI=1S/C17H17NO2/c1-2-4-14-13(3-1)10-18-11-15(14)12-5-6-16-17(9-12)20-8-7-19-16/h1-6,9,15,18H,7-8,10-11H2. The van der Waals surface area contributed by atoms with Crippen molar-refractivity contribution in [2.75, 3.05) is 19.8 Å². The number of hydrogen-bond acceptors (Lipinski definition) is 3. The third-order valence-corrected chi connectivity index (χ3v) is 4.06. The topological polar surface area (TPSA) is 30.5 Å². The number of rotatable bonds is 1. The Morgan fingerprint density at radius 2 is 1.80 bits per heavy atom. The maximum Gasteiger partial charge on any atom is 0.161 e. The molecule has 0 aromatic heterocycles. The van der Waals surface area contributed by atoms with Gasteiger partial charge in [-0.05, 0) is 28.8 Å². The lowest BCUT2D eigenvalue weighted by atomic mass is 9.85. The van der Waals surface area contributed by atoms with E-state index < -0.39 is 0 Å². The molecule has 2 aliphatic heterocycles. The molecule has 3 heteroatoms. The summed E-state index contributed by atoms with van der Waals surface area (Å²) in [4.78, 5) is 0. The Hall–Kier alpha value is -2.00. The van der Waals surface area contributed by atoms with Gasteiger partial charge in [0.05, 0.1) is 0 Å². The van der Waals surface area contributed by atoms with E-state index in [-0.39, 0.29) is 0 Å². The molecule has 0 bridgehead atoms. The zero-order chi connectivity index (χ0) is 13.4. The molecule has 0 spiro atoms. The van der Waals surface area contributed by atoms with E-state index in [1.54, 1.807) is 0 Å². The molecule has 2 aromatic carbocycles. The van der Waals surface area contributed by atoms with Gasteiger partial charge in [0, 0.05) is 19.0 Å². The van der Waals surface area contributed by atoms with Gasteiger partial charge in [0.25, 0.3) is 0 Å². The molecule has 3 nitrogen and oxygen atoms in total. The molecule has 4 rings (SSSR count). The van der Waals surface area contributed by atoms with Crippen molar-refractivity contribution in [3.63, 3.8) is 0 Å². The molecule has 0 fully saturated rings. The Morgan fingerprint density at radius 1 is 0.950 bits per heavy atom. The largest absolute Gasteiger partial charge is 0.486 e. The second-order valence-corrected chi connectivity index (χ2v) is 5.29. The summed E-state index contributed by atoms with van der Waals surface area (Å²) in [6.07, 6.45) is 0.